The minimum atomic E-state index is -3.73. The van der Waals surface area contributed by atoms with Crippen LogP contribution in [0.25, 0.3) is 0 Å². The highest BCUT2D eigenvalue weighted by Crippen LogP contribution is 2.23. The van der Waals surface area contributed by atoms with Crippen molar-refractivity contribution < 1.29 is 18.0 Å². The van der Waals surface area contributed by atoms with Crippen molar-refractivity contribution in [2.45, 2.75) is 33.4 Å². The van der Waals surface area contributed by atoms with Crippen molar-refractivity contribution in [3.05, 3.63) is 64.1 Å². The van der Waals surface area contributed by atoms with Crippen molar-refractivity contribution in [1.82, 2.24) is 10.2 Å². The van der Waals surface area contributed by atoms with Gasteiger partial charge in [0, 0.05) is 17.6 Å². The van der Waals surface area contributed by atoms with Crippen molar-refractivity contribution in [1.29, 1.82) is 0 Å². The van der Waals surface area contributed by atoms with Gasteiger partial charge in [-0.3, -0.25) is 13.9 Å². The van der Waals surface area contributed by atoms with Gasteiger partial charge in [-0.25, -0.2) is 8.42 Å². The van der Waals surface area contributed by atoms with Gasteiger partial charge in [0.05, 0.1) is 11.9 Å². The molecule has 0 saturated heterocycles. The van der Waals surface area contributed by atoms with Crippen molar-refractivity contribution in [3.63, 3.8) is 0 Å². The van der Waals surface area contributed by atoms with E-state index in [1.807, 2.05) is 24.3 Å². The fraction of sp³-hybridized carbons (Fsp3) is 0.364. The monoisotopic (exact) mass is 509 g/mol. The predicted octanol–water partition coefficient (Wildman–Crippen LogP) is 3.08. The summed E-state index contributed by atoms with van der Waals surface area (Å²) in [6.45, 7) is 5.42. The number of anilines is 1. The highest BCUT2D eigenvalue weighted by Gasteiger charge is 2.30. The summed E-state index contributed by atoms with van der Waals surface area (Å²) >= 11 is 3.41. The van der Waals surface area contributed by atoms with Crippen LogP contribution in [0.1, 0.15) is 25.0 Å². The van der Waals surface area contributed by atoms with Crippen molar-refractivity contribution >= 4 is 43.5 Å². The molecule has 1 N–H and O–H groups in total. The summed E-state index contributed by atoms with van der Waals surface area (Å²) in [5.74, 6) is -0.764. The smallest absolute Gasteiger partial charge is 0.244 e. The van der Waals surface area contributed by atoms with Crippen molar-refractivity contribution in [2.75, 3.05) is 23.7 Å². The van der Waals surface area contributed by atoms with Crippen LogP contribution in [0.5, 0.6) is 0 Å². The number of para-hydroxylation sites is 1. The van der Waals surface area contributed by atoms with E-state index >= 15 is 0 Å². The molecule has 7 nitrogen and oxygen atoms in total. The van der Waals surface area contributed by atoms with Crippen LogP contribution in [0.2, 0.25) is 0 Å². The molecule has 0 aromatic heterocycles. The first-order chi connectivity index (χ1) is 14.5. The fourth-order valence-corrected chi connectivity index (χ4v) is 4.53. The van der Waals surface area contributed by atoms with Gasteiger partial charge >= 0.3 is 0 Å². The summed E-state index contributed by atoms with van der Waals surface area (Å²) in [7, 11) is -3.73. The molecule has 0 bridgehead atoms. The summed E-state index contributed by atoms with van der Waals surface area (Å²) in [4.78, 5) is 27.3. The number of sulfonamides is 1. The highest BCUT2D eigenvalue weighted by atomic mass is 79.9. The van der Waals surface area contributed by atoms with Crippen LogP contribution in [0.4, 0.5) is 5.69 Å². The average Bonchev–Trinajstić information content (AvgIpc) is 2.69. The van der Waals surface area contributed by atoms with E-state index in [-0.39, 0.29) is 12.5 Å². The topological polar surface area (TPSA) is 86.8 Å². The minimum Gasteiger partial charge on any atom is -0.355 e. The Hall–Kier alpha value is -2.39. The van der Waals surface area contributed by atoms with E-state index in [9.17, 15) is 18.0 Å². The Balaban J connectivity index is 2.40. The number of amides is 2. The molecule has 31 heavy (non-hydrogen) atoms. The molecule has 0 heterocycles. The van der Waals surface area contributed by atoms with Gasteiger partial charge in [0.25, 0.3) is 0 Å². The molecule has 0 saturated carbocycles. The van der Waals surface area contributed by atoms with Gasteiger partial charge in [-0.2, -0.15) is 0 Å². The fourth-order valence-electron chi connectivity index (χ4n) is 3.17. The van der Waals surface area contributed by atoms with Gasteiger partial charge in [-0.1, -0.05) is 46.3 Å². The van der Waals surface area contributed by atoms with Crippen molar-refractivity contribution in [2.24, 2.45) is 0 Å². The number of hydrogen-bond donors (Lipinski definition) is 1. The van der Waals surface area contributed by atoms with Crippen LogP contribution < -0.4 is 9.62 Å². The van der Waals surface area contributed by atoms with E-state index in [0.717, 1.165) is 26.2 Å². The van der Waals surface area contributed by atoms with E-state index in [4.69, 9.17) is 0 Å². The van der Waals surface area contributed by atoms with E-state index < -0.39 is 28.5 Å². The first kappa shape index (κ1) is 24.9. The zero-order chi connectivity index (χ0) is 23.2. The van der Waals surface area contributed by atoms with Gasteiger partial charge < -0.3 is 10.2 Å². The molecule has 0 aliphatic carbocycles. The average molecular weight is 510 g/mol. The number of halogens is 1. The largest absolute Gasteiger partial charge is 0.355 e. The number of likely N-dealkylation sites (N-methyl/N-ethyl adjacent to an activating group) is 1. The normalized spacial score (nSPS) is 12.2. The van der Waals surface area contributed by atoms with Crippen LogP contribution >= 0.6 is 15.9 Å². The third-order valence-corrected chi connectivity index (χ3v) is 6.44. The van der Waals surface area contributed by atoms with Gasteiger partial charge in [0.1, 0.15) is 12.6 Å². The maximum atomic E-state index is 13.4. The summed E-state index contributed by atoms with van der Waals surface area (Å²) in [5, 5.41) is 2.73. The number of carbonyl (C=O) groups excluding carboxylic acids is 2. The summed E-state index contributed by atoms with van der Waals surface area (Å²) in [6, 6.07) is 13.6. The lowest BCUT2D eigenvalue weighted by Gasteiger charge is -2.31. The molecular weight excluding hydrogens is 482 g/mol. The van der Waals surface area contributed by atoms with Crippen LogP contribution in [-0.4, -0.2) is 50.5 Å². The Labute approximate surface area is 192 Å². The summed E-state index contributed by atoms with van der Waals surface area (Å²) < 4.78 is 27.0. The lowest BCUT2D eigenvalue weighted by atomic mass is 10.1. The molecule has 0 radical (unpaired) electrons. The number of nitrogens with one attached hydrogen (secondary N) is 1. The zero-order valence-corrected chi connectivity index (χ0v) is 20.5. The highest BCUT2D eigenvalue weighted by molar-refractivity contribution is 9.10. The molecule has 1 unspecified atom stereocenters. The van der Waals surface area contributed by atoms with Gasteiger partial charge in [0.15, 0.2) is 0 Å². The van der Waals surface area contributed by atoms with Crippen molar-refractivity contribution in [3.8, 4) is 0 Å². The molecule has 0 aliphatic rings. The maximum Gasteiger partial charge on any atom is 0.244 e. The molecule has 2 aromatic rings. The summed E-state index contributed by atoms with van der Waals surface area (Å²) in [6.07, 6.45) is 1.07. The third kappa shape index (κ3) is 6.80. The molecule has 9 heteroatoms. The Morgan fingerprint density at radius 3 is 2.39 bits per heavy atom. The maximum absolute atomic E-state index is 13.4. The Morgan fingerprint density at radius 1 is 1.13 bits per heavy atom. The van der Waals surface area contributed by atoms with Crippen LogP contribution in [0, 0.1) is 6.92 Å². The van der Waals surface area contributed by atoms with Gasteiger partial charge in [-0.15, -0.1) is 0 Å². The van der Waals surface area contributed by atoms with E-state index in [0.29, 0.717) is 12.2 Å². The Morgan fingerprint density at radius 2 is 1.81 bits per heavy atom. The van der Waals surface area contributed by atoms with E-state index in [2.05, 4.69) is 21.2 Å². The zero-order valence-electron chi connectivity index (χ0n) is 18.1. The number of nitrogens with zero attached hydrogens (tertiary/aromatic N) is 2. The molecule has 0 aliphatic heterocycles. The van der Waals surface area contributed by atoms with Crippen LogP contribution in [0.3, 0.4) is 0 Å². The standard InChI is InChI=1S/C22H28BrN3O4S/c1-5-24-22(28)17(3)25(14-18-10-8-11-19(23)13-18)21(27)15-26(31(4,29)30)20-12-7-6-9-16(20)2/h6-13,17H,5,14-15H2,1-4H3,(H,24,28). The first-order valence-electron chi connectivity index (χ1n) is 9.89. The molecule has 2 amide bonds. The Kier molecular flexibility index (Phi) is 8.64. The second-order valence-corrected chi connectivity index (χ2v) is 10.1. The third-order valence-electron chi connectivity index (χ3n) is 4.82. The Bertz CT molecular complexity index is 1040. The number of hydrogen-bond acceptors (Lipinski definition) is 4. The second-order valence-electron chi connectivity index (χ2n) is 7.28. The van der Waals surface area contributed by atoms with E-state index in [1.54, 1.807) is 45.0 Å². The number of carbonyl (C=O) groups is 2. The first-order valence-corrected chi connectivity index (χ1v) is 12.5. The summed E-state index contributed by atoms with van der Waals surface area (Å²) in [5.41, 5.74) is 1.99. The van der Waals surface area contributed by atoms with Crippen LogP contribution in [0.15, 0.2) is 53.0 Å². The molecule has 0 fully saturated rings. The molecule has 2 rings (SSSR count). The minimum absolute atomic E-state index is 0.169. The van der Waals surface area contributed by atoms with E-state index in [1.165, 1.54) is 4.90 Å². The molecular formula is C22H28BrN3O4S. The lowest BCUT2D eigenvalue weighted by molar-refractivity contribution is -0.139. The SMILES string of the molecule is CCNC(=O)C(C)N(Cc1cccc(Br)c1)C(=O)CN(c1ccccc1C)S(C)(=O)=O. The molecule has 0 spiro atoms. The lowest BCUT2D eigenvalue weighted by Crippen LogP contribution is -2.51. The van der Waals surface area contributed by atoms with Crippen LogP contribution in [-0.2, 0) is 26.2 Å². The number of rotatable bonds is 9. The molecule has 2 aromatic carbocycles. The quantitative estimate of drug-likeness (QED) is 0.562. The predicted molar refractivity (Wildman–Crippen MR) is 126 cm³/mol. The number of aryl methyl sites for hydroxylation is 1. The molecule has 168 valence electrons. The number of benzene rings is 2. The molecule has 1 atom stereocenters. The van der Waals surface area contributed by atoms with Gasteiger partial charge in [0.2, 0.25) is 21.8 Å². The second kappa shape index (κ2) is 10.8. The van der Waals surface area contributed by atoms with Gasteiger partial charge in [-0.05, 0) is 50.1 Å².